The molecule has 0 aromatic heterocycles. The molecule has 1 aliphatic heterocycles. The van der Waals surface area contributed by atoms with Crippen molar-refractivity contribution in [2.75, 3.05) is 6.54 Å². The second-order valence-corrected chi connectivity index (χ2v) is 11.1. The maximum absolute atomic E-state index is 13.9. The number of hydrogen-bond donors (Lipinski definition) is 3. The van der Waals surface area contributed by atoms with Gasteiger partial charge in [-0.15, -0.1) is 0 Å². The summed E-state index contributed by atoms with van der Waals surface area (Å²) in [5, 5.41) is 22.4. The van der Waals surface area contributed by atoms with Crippen molar-refractivity contribution in [3.05, 3.63) is 78.0 Å². The second-order valence-electron chi connectivity index (χ2n) is 11.1. The number of carbonyl (C=O) groups is 4. The minimum Gasteiger partial charge on any atom is -0.479 e. The number of benzene rings is 2. The lowest BCUT2D eigenvalue weighted by molar-refractivity contribution is -0.150. The normalized spacial score (nSPS) is 17.5. The van der Waals surface area contributed by atoms with Gasteiger partial charge in [-0.05, 0) is 23.5 Å². The highest BCUT2D eigenvalue weighted by Crippen LogP contribution is 2.32. The maximum Gasteiger partial charge on any atom is 0.334 e. The molecule has 2 aromatic rings. The Labute approximate surface area is 229 Å². The summed E-state index contributed by atoms with van der Waals surface area (Å²) in [6.45, 7) is 8.61. The first-order valence-electron chi connectivity index (χ1n) is 13.0. The zero-order valence-corrected chi connectivity index (χ0v) is 23.0. The van der Waals surface area contributed by atoms with Gasteiger partial charge >= 0.3 is 5.97 Å². The summed E-state index contributed by atoms with van der Waals surface area (Å²) in [6.07, 6.45) is -0.146. The van der Waals surface area contributed by atoms with Crippen LogP contribution >= 0.6 is 0 Å². The third kappa shape index (κ3) is 7.11. The number of nitrogens with zero attached hydrogens (tertiary/aromatic N) is 2. The van der Waals surface area contributed by atoms with Gasteiger partial charge in [-0.25, -0.2) is 4.79 Å². The summed E-state index contributed by atoms with van der Waals surface area (Å²) in [7, 11) is 0. The molecule has 0 saturated heterocycles. The summed E-state index contributed by atoms with van der Waals surface area (Å²) in [6, 6.07) is 15.9. The lowest BCUT2D eigenvalue weighted by Crippen LogP contribution is -2.58. The van der Waals surface area contributed by atoms with Crippen LogP contribution in [0.4, 0.5) is 0 Å². The Morgan fingerprint density at radius 1 is 0.974 bits per heavy atom. The number of nitrogens with one attached hydrogen (secondary N) is 1. The van der Waals surface area contributed by atoms with Crippen LogP contribution in [0.3, 0.4) is 0 Å². The number of aliphatic hydroxyl groups excluding tert-OH is 1. The zero-order chi connectivity index (χ0) is 28.9. The van der Waals surface area contributed by atoms with Crippen molar-refractivity contribution in [2.45, 2.75) is 59.2 Å². The van der Waals surface area contributed by atoms with Gasteiger partial charge in [-0.1, -0.05) is 95.3 Å². The Bertz CT molecular complexity index is 1220. The predicted molar refractivity (Wildman–Crippen MR) is 147 cm³/mol. The number of carboxylic acid groups (broad SMARTS) is 1. The van der Waals surface area contributed by atoms with Crippen LogP contribution in [0.15, 0.2) is 66.9 Å². The summed E-state index contributed by atoms with van der Waals surface area (Å²) in [5.74, 6) is -2.99. The van der Waals surface area contributed by atoms with Crippen LogP contribution < -0.4 is 5.32 Å². The number of aliphatic carboxylic acids is 1. The van der Waals surface area contributed by atoms with Gasteiger partial charge in [-0.3, -0.25) is 19.3 Å². The largest absolute Gasteiger partial charge is 0.479 e. The van der Waals surface area contributed by atoms with Gasteiger partial charge in [0.25, 0.3) is 5.91 Å². The fraction of sp³-hybridized carbons (Fsp3) is 0.400. The van der Waals surface area contributed by atoms with Crippen molar-refractivity contribution in [3.63, 3.8) is 0 Å². The van der Waals surface area contributed by atoms with E-state index in [1.165, 1.54) is 9.80 Å². The summed E-state index contributed by atoms with van der Waals surface area (Å²) in [4.78, 5) is 55.0. The summed E-state index contributed by atoms with van der Waals surface area (Å²) in [5.41, 5.74) is 1.00. The van der Waals surface area contributed by atoms with Crippen molar-refractivity contribution in [3.8, 4) is 0 Å². The fourth-order valence-corrected chi connectivity index (χ4v) is 4.54. The molecule has 39 heavy (non-hydrogen) atoms. The van der Waals surface area contributed by atoms with Crippen LogP contribution in [-0.2, 0) is 25.6 Å². The summed E-state index contributed by atoms with van der Waals surface area (Å²) >= 11 is 0. The number of carboxylic acids is 1. The summed E-state index contributed by atoms with van der Waals surface area (Å²) < 4.78 is 0. The molecule has 0 radical (unpaired) electrons. The van der Waals surface area contributed by atoms with E-state index in [1.54, 1.807) is 75.5 Å². The third-order valence-corrected chi connectivity index (χ3v) is 6.53. The number of carbonyl (C=O) groups excluding carboxylic acids is 3. The van der Waals surface area contributed by atoms with E-state index in [-0.39, 0.29) is 18.2 Å². The lowest BCUT2D eigenvalue weighted by Gasteiger charge is -2.43. The van der Waals surface area contributed by atoms with E-state index >= 15 is 0 Å². The number of amides is 3. The van der Waals surface area contributed by atoms with Crippen LogP contribution in [0, 0.1) is 11.3 Å². The molecule has 3 atom stereocenters. The first-order valence-corrected chi connectivity index (χ1v) is 13.0. The predicted octanol–water partition coefficient (Wildman–Crippen LogP) is 2.90. The molecule has 1 heterocycles. The lowest BCUT2D eigenvalue weighted by atomic mass is 9.90. The minimum absolute atomic E-state index is 0.0812. The Morgan fingerprint density at radius 2 is 1.54 bits per heavy atom. The SMILES string of the molecule is CC(C)C1C(=O)N(CC(=O)N[C@@H](Cc2ccccc2)C(O)C(=O)O)C(c2ccccc2)=CN1C(=O)C(C)(C)C. The van der Waals surface area contributed by atoms with Crippen LogP contribution in [0.5, 0.6) is 0 Å². The van der Waals surface area contributed by atoms with Gasteiger partial charge < -0.3 is 20.4 Å². The molecule has 0 aliphatic carbocycles. The van der Waals surface area contributed by atoms with Gasteiger partial charge in [0.2, 0.25) is 11.8 Å². The van der Waals surface area contributed by atoms with Crippen LogP contribution in [0.25, 0.3) is 5.70 Å². The highest BCUT2D eigenvalue weighted by atomic mass is 16.4. The molecule has 1 aliphatic rings. The van der Waals surface area contributed by atoms with E-state index in [9.17, 15) is 29.4 Å². The Morgan fingerprint density at radius 3 is 2.05 bits per heavy atom. The first kappa shape index (κ1) is 29.6. The second kappa shape index (κ2) is 12.3. The van der Waals surface area contributed by atoms with Crippen molar-refractivity contribution < 1.29 is 29.4 Å². The molecule has 0 saturated carbocycles. The number of aliphatic hydroxyl groups is 1. The molecule has 0 fully saturated rings. The van der Waals surface area contributed by atoms with E-state index in [2.05, 4.69) is 5.32 Å². The van der Waals surface area contributed by atoms with E-state index in [4.69, 9.17) is 0 Å². The minimum atomic E-state index is -1.85. The van der Waals surface area contributed by atoms with E-state index in [0.29, 0.717) is 11.3 Å². The number of hydrogen-bond acceptors (Lipinski definition) is 5. The highest BCUT2D eigenvalue weighted by Gasteiger charge is 2.43. The average Bonchev–Trinajstić information content (AvgIpc) is 2.88. The maximum atomic E-state index is 13.9. The molecule has 0 bridgehead atoms. The van der Waals surface area contributed by atoms with Crippen LogP contribution in [0.1, 0.15) is 45.7 Å². The molecule has 2 aromatic carbocycles. The number of rotatable bonds is 9. The van der Waals surface area contributed by atoms with E-state index in [1.807, 2.05) is 26.0 Å². The van der Waals surface area contributed by atoms with Gasteiger partial charge in [-0.2, -0.15) is 0 Å². The van der Waals surface area contributed by atoms with Crippen molar-refractivity contribution >= 4 is 29.4 Å². The standard InChI is InChI=1S/C30H37N3O6/c1-19(2)25-27(36)32(23(21-14-10-7-11-15-21)17-33(25)29(39)30(3,4)5)18-24(34)31-22(26(35)28(37)38)16-20-12-8-6-9-13-20/h6-15,17,19,22,25-26,35H,16,18H2,1-5H3,(H,31,34)(H,37,38)/t22-,25?,26?/m0/s1. The van der Waals surface area contributed by atoms with Crippen molar-refractivity contribution in [1.82, 2.24) is 15.1 Å². The molecule has 3 amide bonds. The monoisotopic (exact) mass is 535 g/mol. The molecule has 9 heteroatoms. The topological polar surface area (TPSA) is 127 Å². The smallest absolute Gasteiger partial charge is 0.334 e. The molecule has 9 nitrogen and oxygen atoms in total. The quantitative estimate of drug-likeness (QED) is 0.453. The third-order valence-electron chi connectivity index (χ3n) is 6.53. The molecule has 0 spiro atoms. The molecular formula is C30H37N3O6. The van der Waals surface area contributed by atoms with Crippen LogP contribution in [-0.4, -0.2) is 68.4 Å². The zero-order valence-electron chi connectivity index (χ0n) is 23.0. The average molecular weight is 536 g/mol. The molecule has 208 valence electrons. The molecular weight excluding hydrogens is 498 g/mol. The van der Waals surface area contributed by atoms with Gasteiger partial charge in [0.1, 0.15) is 12.6 Å². The van der Waals surface area contributed by atoms with E-state index in [0.717, 1.165) is 5.56 Å². The first-order chi connectivity index (χ1) is 18.3. The van der Waals surface area contributed by atoms with Gasteiger partial charge in [0, 0.05) is 11.6 Å². The van der Waals surface area contributed by atoms with Crippen molar-refractivity contribution in [1.29, 1.82) is 0 Å². The van der Waals surface area contributed by atoms with Gasteiger partial charge in [0.15, 0.2) is 6.10 Å². The Hall–Kier alpha value is -3.98. The Kier molecular flexibility index (Phi) is 9.29. The van der Waals surface area contributed by atoms with E-state index < -0.39 is 47.9 Å². The molecule has 3 rings (SSSR count). The molecule has 3 N–H and O–H groups in total. The van der Waals surface area contributed by atoms with Gasteiger partial charge in [0.05, 0.1) is 11.7 Å². The van der Waals surface area contributed by atoms with Crippen molar-refractivity contribution in [2.24, 2.45) is 11.3 Å². The molecule has 2 unspecified atom stereocenters. The van der Waals surface area contributed by atoms with Crippen LogP contribution in [0.2, 0.25) is 0 Å². The Balaban J connectivity index is 1.97. The highest BCUT2D eigenvalue weighted by molar-refractivity contribution is 6.00. The fourth-order valence-electron chi connectivity index (χ4n) is 4.54.